The van der Waals surface area contributed by atoms with Gasteiger partial charge in [-0.2, -0.15) is 0 Å². The van der Waals surface area contributed by atoms with E-state index in [1.165, 1.54) is 0 Å². The van der Waals surface area contributed by atoms with Crippen molar-refractivity contribution in [2.75, 3.05) is 26.8 Å². The molecule has 31 heavy (non-hydrogen) atoms. The number of hydrogen-bond acceptors (Lipinski definition) is 4. The average Bonchev–Trinajstić information content (AvgIpc) is 3.30. The Labute approximate surface area is 187 Å². The number of aryl methyl sites for hydroxylation is 1. The van der Waals surface area contributed by atoms with E-state index in [0.717, 1.165) is 16.0 Å². The Morgan fingerprint density at radius 2 is 1.65 bits per heavy atom. The number of thiophene rings is 1. The first-order chi connectivity index (χ1) is 15.1. The van der Waals surface area contributed by atoms with Crippen molar-refractivity contribution >= 4 is 23.2 Å². The zero-order valence-corrected chi connectivity index (χ0v) is 18.8. The van der Waals surface area contributed by atoms with Crippen molar-refractivity contribution in [3.8, 4) is 0 Å². The summed E-state index contributed by atoms with van der Waals surface area (Å²) in [6.07, 6.45) is 0. The Hall–Kier alpha value is -2.96. The first-order valence-corrected chi connectivity index (χ1v) is 11.1. The molecular weight excluding hydrogens is 408 g/mol. The maximum atomic E-state index is 13.4. The molecule has 2 aromatic carbocycles. The lowest BCUT2D eigenvalue weighted by Gasteiger charge is -2.28. The fourth-order valence-corrected chi connectivity index (χ4v) is 4.05. The summed E-state index contributed by atoms with van der Waals surface area (Å²) < 4.78 is 5.19. The number of methoxy groups -OCH3 is 1. The van der Waals surface area contributed by atoms with Gasteiger partial charge in [-0.3, -0.25) is 9.59 Å². The van der Waals surface area contributed by atoms with Crippen molar-refractivity contribution < 1.29 is 14.3 Å². The quantitative estimate of drug-likeness (QED) is 0.474. The smallest absolute Gasteiger partial charge is 0.254 e. The van der Waals surface area contributed by atoms with Gasteiger partial charge in [0.15, 0.2) is 0 Å². The van der Waals surface area contributed by atoms with Crippen LogP contribution < -0.4 is 0 Å². The number of carbonyl (C=O) groups is 2. The second kappa shape index (κ2) is 11.4. The Morgan fingerprint density at radius 3 is 2.32 bits per heavy atom. The lowest BCUT2D eigenvalue weighted by atomic mass is 10.1. The van der Waals surface area contributed by atoms with Crippen LogP contribution in [0.25, 0.3) is 0 Å². The third-order valence-corrected chi connectivity index (χ3v) is 5.91. The minimum absolute atomic E-state index is 0.00867. The summed E-state index contributed by atoms with van der Waals surface area (Å²) in [5.74, 6) is -0.241. The van der Waals surface area contributed by atoms with Crippen LogP contribution in [0.5, 0.6) is 0 Å². The maximum absolute atomic E-state index is 13.4. The monoisotopic (exact) mass is 436 g/mol. The predicted octanol–water partition coefficient (Wildman–Crippen LogP) is 4.37. The molecule has 0 aliphatic rings. The molecule has 0 saturated heterocycles. The van der Waals surface area contributed by atoms with E-state index in [1.54, 1.807) is 29.4 Å². The van der Waals surface area contributed by atoms with Crippen LogP contribution in [0.2, 0.25) is 0 Å². The molecular formula is C25H28N2O3S. The van der Waals surface area contributed by atoms with E-state index in [-0.39, 0.29) is 18.4 Å². The fraction of sp³-hybridized carbons (Fsp3) is 0.280. The third kappa shape index (κ3) is 6.51. The van der Waals surface area contributed by atoms with Crippen LogP contribution in [0.4, 0.5) is 0 Å². The van der Waals surface area contributed by atoms with Gasteiger partial charge >= 0.3 is 0 Å². The van der Waals surface area contributed by atoms with Crippen molar-refractivity contribution in [3.05, 3.63) is 93.7 Å². The van der Waals surface area contributed by atoms with Gasteiger partial charge in [-0.1, -0.05) is 54.6 Å². The van der Waals surface area contributed by atoms with E-state index in [2.05, 4.69) is 0 Å². The molecule has 0 saturated carbocycles. The molecule has 6 heteroatoms. The van der Waals surface area contributed by atoms with Crippen LogP contribution >= 0.6 is 11.3 Å². The first kappa shape index (κ1) is 22.7. The molecule has 0 spiro atoms. The number of rotatable bonds is 10. The van der Waals surface area contributed by atoms with Gasteiger partial charge in [0.1, 0.15) is 6.54 Å². The highest BCUT2D eigenvalue weighted by atomic mass is 32.1. The molecule has 0 aliphatic heterocycles. The van der Waals surface area contributed by atoms with Crippen molar-refractivity contribution in [3.63, 3.8) is 0 Å². The van der Waals surface area contributed by atoms with Crippen LogP contribution in [-0.2, 0) is 22.6 Å². The van der Waals surface area contributed by atoms with Gasteiger partial charge in [0.2, 0.25) is 5.91 Å². The summed E-state index contributed by atoms with van der Waals surface area (Å²) in [5.41, 5.74) is 2.56. The highest BCUT2D eigenvalue weighted by Gasteiger charge is 2.23. The number of amides is 2. The Bertz CT molecular complexity index is 973. The second-order valence-corrected chi connectivity index (χ2v) is 8.38. The SMILES string of the molecule is COCCN(CC(=O)N(Cc1ccccc1)Cc1cccs1)C(=O)c1ccccc1C. The Morgan fingerprint density at radius 1 is 0.903 bits per heavy atom. The number of benzene rings is 2. The zero-order chi connectivity index (χ0) is 22.1. The highest BCUT2D eigenvalue weighted by molar-refractivity contribution is 7.09. The highest BCUT2D eigenvalue weighted by Crippen LogP contribution is 2.16. The van der Waals surface area contributed by atoms with Gasteiger partial charge in [0.05, 0.1) is 13.2 Å². The molecule has 0 bridgehead atoms. The largest absolute Gasteiger partial charge is 0.383 e. The minimum atomic E-state index is -0.153. The van der Waals surface area contributed by atoms with Gasteiger partial charge in [-0.15, -0.1) is 11.3 Å². The molecule has 0 atom stereocenters. The van der Waals surface area contributed by atoms with Crippen LogP contribution in [0, 0.1) is 6.92 Å². The summed E-state index contributed by atoms with van der Waals surface area (Å²) in [6, 6.07) is 21.4. The Balaban J connectivity index is 1.79. The molecule has 0 radical (unpaired) electrons. The zero-order valence-electron chi connectivity index (χ0n) is 18.0. The van der Waals surface area contributed by atoms with E-state index in [4.69, 9.17) is 4.74 Å². The minimum Gasteiger partial charge on any atom is -0.383 e. The Kier molecular flexibility index (Phi) is 8.38. The number of ether oxygens (including phenoxy) is 1. The van der Waals surface area contributed by atoms with Crippen molar-refractivity contribution in [1.82, 2.24) is 9.80 Å². The normalized spacial score (nSPS) is 10.6. The molecule has 1 heterocycles. The summed E-state index contributed by atoms with van der Waals surface area (Å²) in [5, 5.41) is 2.01. The third-order valence-electron chi connectivity index (χ3n) is 5.05. The van der Waals surface area contributed by atoms with Crippen LogP contribution in [0.15, 0.2) is 72.1 Å². The molecule has 0 unspecified atom stereocenters. The molecule has 1 aromatic heterocycles. The van der Waals surface area contributed by atoms with Crippen LogP contribution in [0.3, 0.4) is 0 Å². The van der Waals surface area contributed by atoms with E-state index >= 15 is 0 Å². The van der Waals surface area contributed by atoms with Gasteiger partial charge in [0, 0.05) is 30.6 Å². The molecule has 0 aliphatic carbocycles. The van der Waals surface area contributed by atoms with Crippen molar-refractivity contribution in [2.24, 2.45) is 0 Å². The molecule has 0 fully saturated rings. The summed E-state index contributed by atoms with van der Waals surface area (Å²) in [6.45, 7) is 3.65. The van der Waals surface area contributed by atoms with Gasteiger partial charge in [-0.25, -0.2) is 0 Å². The standard InChI is InChI=1S/C25H28N2O3S/c1-20-9-6-7-13-23(20)25(29)26(14-15-30-2)19-24(28)27(18-22-12-8-16-31-22)17-21-10-4-3-5-11-21/h3-13,16H,14-15,17-19H2,1-2H3. The van der Waals surface area contributed by atoms with Gasteiger partial charge in [0.25, 0.3) is 5.91 Å². The first-order valence-electron chi connectivity index (χ1n) is 10.3. The molecule has 2 amide bonds. The summed E-state index contributed by atoms with van der Waals surface area (Å²) >= 11 is 1.62. The number of carbonyl (C=O) groups excluding carboxylic acids is 2. The number of nitrogens with zero attached hydrogens (tertiary/aromatic N) is 2. The topological polar surface area (TPSA) is 49.9 Å². The van der Waals surface area contributed by atoms with Crippen molar-refractivity contribution in [2.45, 2.75) is 20.0 Å². The van der Waals surface area contributed by atoms with Gasteiger partial charge in [-0.05, 0) is 35.6 Å². The lowest BCUT2D eigenvalue weighted by Crippen LogP contribution is -2.43. The molecule has 3 aromatic rings. The molecule has 162 valence electrons. The van der Waals surface area contributed by atoms with Gasteiger partial charge < -0.3 is 14.5 Å². The number of hydrogen-bond donors (Lipinski definition) is 0. The molecule has 3 rings (SSSR count). The average molecular weight is 437 g/mol. The van der Waals surface area contributed by atoms with E-state index in [1.807, 2.05) is 77.9 Å². The lowest BCUT2D eigenvalue weighted by molar-refractivity contribution is -0.133. The van der Waals surface area contributed by atoms with E-state index in [0.29, 0.717) is 31.8 Å². The predicted molar refractivity (Wildman–Crippen MR) is 124 cm³/mol. The summed E-state index contributed by atoms with van der Waals surface area (Å²) in [7, 11) is 1.59. The molecule has 0 N–H and O–H groups in total. The van der Waals surface area contributed by atoms with E-state index < -0.39 is 0 Å². The van der Waals surface area contributed by atoms with Crippen molar-refractivity contribution in [1.29, 1.82) is 0 Å². The summed E-state index contributed by atoms with van der Waals surface area (Å²) in [4.78, 5) is 31.1. The van der Waals surface area contributed by atoms with Crippen LogP contribution in [-0.4, -0.2) is 48.4 Å². The molecule has 5 nitrogen and oxygen atoms in total. The maximum Gasteiger partial charge on any atom is 0.254 e. The van der Waals surface area contributed by atoms with E-state index in [9.17, 15) is 9.59 Å². The van der Waals surface area contributed by atoms with Crippen LogP contribution in [0.1, 0.15) is 26.4 Å². The fourth-order valence-electron chi connectivity index (χ4n) is 3.33. The second-order valence-electron chi connectivity index (χ2n) is 7.35.